The first-order chi connectivity index (χ1) is 6.23. The Morgan fingerprint density at radius 2 is 1.43 bits per heavy atom. The summed E-state index contributed by atoms with van der Waals surface area (Å²) in [6.07, 6.45) is 8.00. The highest BCUT2D eigenvalue weighted by Crippen LogP contribution is 1.98. The Balaban J connectivity index is 0. The Bertz CT molecular complexity index is 286. The van der Waals surface area contributed by atoms with Gasteiger partial charge in [0.05, 0.1) is 12.4 Å². The summed E-state index contributed by atoms with van der Waals surface area (Å²) >= 11 is 0. The van der Waals surface area contributed by atoms with Crippen molar-refractivity contribution in [3.05, 3.63) is 24.6 Å². The van der Waals surface area contributed by atoms with Crippen LogP contribution in [0.25, 0.3) is 0 Å². The maximum atomic E-state index is 8.70. The average Bonchev–Trinajstić information content (AvgIpc) is 2.32. The van der Waals surface area contributed by atoms with E-state index >= 15 is 0 Å². The number of rotatable bonds is 0. The minimum absolute atomic E-state index is 2.00. The molecule has 0 amide bonds. The molecule has 82 valence electrons. The molecule has 0 saturated heterocycles. The summed E-state index contributed by atoms with van der Waals surface area (Å²) < 4.78 is 41.5. The Hall–Kier alpha value is -0.670. The van der Waals surface area contributed by atoms with Crippen LogP contribution < -0.4 is 5.32 Å². The van der Waals surface area contributed by atoms with Crippen molar-refractivity contribution in [2.45, 2.75) is 0 Å². The van der Waals surface area contributed by atoms with E-state index in [1.54, 1.807) is 0 Å². The van der Waals surface area contributed by atoms with Crippen LogP contribution in [0.5, 0.6) is 0 Å². The number of hydrogen-bond acceptors (Lipinski definition) is 4. The fourth-order valence-electron chi connectivity index (χ4n) is 0.321. The first-order valence-electron chi connectivity index (χ1n) is 2.93. The predicted molar refractivity (Wildman–Crippen MR) is 44.6 cm³/mol. The lowest BCUT2D eigenvalue weighted by Crippen LogP contribution is -2.69. The van der Waals surface area contributed by atoms with E-state index in [4.69, 9.17) is 31.9 Å². The van der Waals surface area contributed by atoms with E-state index in [2.05, 4.69) is 0 Å². The average molecular weight is 246 g/mol. The van der Waals surface area contributed by atoms with Gasteiger partial charge in [0.1, 0.15) is 0 Å². The highest BCUT2D eigenvalue weighted by molar-refractivity contribution is 7.79. The topological polar surface area (TPSA) is 152 Å². The van der Waals surface area contributed by atoms with Crippen molar-refractivity contribution in [1.82, 2.24) is 0 Å². The second-order valence-electron chi connectivity index (χ2n) is 1.64. The molecule has 0 saturated carbocycles. The second-order valence-corrected chi connectivity index (χ2v) is 3.00. The summed E-state index contributed by atoms with van der Waals surface area (Å²) in [6.45, 7) is 0. The van der Waals surface area contributed by atoms with Crippen molar-refractivity contribution in [1.29, 1.82) is 0 Å². The van der Waals surface area contributed by atoms with Crippen molar-refractivity contribution in [3.63, 3.8) is 0 Å². The zero-order chi connectivity index (χ0) is 11.6. The Morgan fingerprint density at radius 1 is 1.21 bits per heavy atom. The highest BCUT2D eigenvalue weighted by atomic mass is 32.3. The van der Waals surface area contributed by atoms with Gasteiger partial charge in [0.2, 0.25) is 10.4 Å². The Labute approximate surface area is 81.1 Å². The molecule has 1 heterocycles. The zero-order valence-corrected chi connectivity index (χ0v) is 8.43. The third-order valence-corrected chi connectivity index (χ3v) is 0.556. The molecule has 0 aromatic rings. The monoisotopic (exact) mass is 246 g/mol. The van der Waals surface area contributed by atoms with E-state index in [-0.39, 0.29) is 0 Å². The molecule has 1 rings (SSSR count). The van der Waals surface area contributed by atoms with Crippen LogP contribution >= 0.6 is 8.25 Å². The van der Waals surface area contributed by atoms with E-state index < -0.39 is 18.7 Å². The SMILES string of the molecule is C1=C[NH2+]C=C1.O=S(=O)([O-])O.O=[P+](O)O. The van der Waals surface area contributed by atoms with Gasteiger partial charge in [-0.25, -0.2) is 8.42 Å². The molecule has 0 atom stereocenters. The third kappa shape index (κ3) is 64.5. The normalized spacial score (nSPS) is 12.3. The molecule has 1 aliphatic rings. The molecule has 8 nitrogen and oxygen atoms in total. The molecule has 10 heteroatoms. The van der Waals surface area contributed by atoms with Gasteiger partial charge in [-0.15, -0.1) is 9.79 Å². The molecule has 14 heavy (non-hydrogen) atoms. The van der Waals surface area contributed by atoms with Gasteiger partial charge < -0.3 is 4.55 Å². The number of nitrogens with two attached hydrogens (primary N) is 1. The standard InChI is InChI=1S/C4H5N.H2O4S.HO3P/c1-2-4-5-3-1;1-5(2,3)4;1-4(2)3/h1-5H;(H2,1,2,3,4);(H-,1,2,3)/p+1. The summed E-state index contributed by atoms with van der Waals surface area (Å²) in [5, 5.41) is 2.00. The van der Waals surface area contributed by atoms with Crippen LogP contribution in [-0.4, -0.2) is 27.3 Å². The fraction of sp³-hybridized carbons (Fsp3) is 0. The van der Waals surface area contributed by atoms with Gasteiger partial charge >= 0.3 is 8.25 Å². The maximum absolute atomic E-state index is 8.70. The first-order valence-corrected chi connectivity index (χ1v) is 5.46. The molecular formula is C4H9NO7PS+. The number of hydrogen-bond donors (Lipinski definition) is 4. The smallest absolute Gasteiger partial charge is 0.692 e. The van der Waals surface area contributed by atoms with Crippen LogP contribution in [0, 0.1) is 0 Å². The lowest BCUT2D eigenvalue weighted by atomic mass is 10.6. The molecule has 0 radical (unpaired) electrons. The van der Waals surface area contributed by atoms with Crippen molar-refractivity contribution in [2.75, 3.05) is 0 Å². The van der Waals surface area contributed by atoms with Gasteiger partial charge in [0.15, 0.2) is 0 Å². The van der Waals surface area contributed by atoms with E-state index in [1.807, 2.05) is 29.9 Å². The predicted octanol–water partition coefficient (Wildman–Crippen LogP) is -1.78. The van der Waals surface area contributed by atoms with Crippen molar-refractivity contribution < 1.29 is 37.2 Å². The summed E-state index contributed by atoms with van der Waals surface area (Å²) in [5.41, 5.74) is 0. The minimum atomic E-state index is -4.92. The van der Waals surface area contributed by atoms with Crippen LogP contribution in [0.4, 0.5) is 0 Å². The third-order valence-electron chi connectivity index (χ3n) is 0.556. The lowest BCUT2D eigenvalue weighted by Gasteiger charge is -1.88. The molecule has 0 spiro atoms. The maximum Gasteiger partial charge on any atom is 0.692 e. The molecular weight excluding hydrogens is 237 g/mol. The van der Waals surface area contributed by atoms with Crippen LogP contribution in [0.3, 0.4) is 0 Å². The van der Waals surface area contributed by atoms with Gasteiger partial charge in [-0.3, -0.25) is 9.87 Å². The van der Waals surface area contributed by atoms with Gasteiger partial charge in [0, 0.05) is 4.57 Å². The number of quaternary nitrogens is 1. The molecule has 0 unspecified atom stereocenters. The molecule has 5 N–H and O–H groups in total. The Morgan fingerprint density at radius 3 is 1.50 bits per heavy atom. The second kappa shape index (κ2) is 8.91. The van der Waals surface area contributed by atoms with Crippen molar-refractivity contribution in [3.8, 4) is 0 Å². The van der Waals surface area contributed by atoms with E-state index in [9.17, 15) is 0 Å². The van der Waals surface area contributed by atoms with Crippen molar-refractivity contribution in [2.24, 2.45) is 0 Å². The summed E-state index contributed by atoms with van der Waals surface area (Å²) in [6, 6.07) is 0. The molecule has 0 aromatic carbocycles. The largest absolute Gasteiger partial charge is 0.726 e. The van der Waals surface area contributed by atoms with Gasteiger partial charge in [0.25, 0.3) is 0 Å². The summed E-state index contributed by atoms with van der Waals surface area (Å²) in [5.74, 6) is 0. The molecule has 0 bridgehead atoms. The van der Waals surface area contributed by atoms with Crippen LogP contribution in [0.2, 0.25) is 0 Å². The van der Waals surface area contributed by atoms with Gasteiger partial charge in [-0.1, -0.05) is 0 Å². The van der Waals surface area contributed by atoms with Crippen molar-refractivity contribution >= 4 is 18.7 Å². The minimum Gasteiger partial charge on any atom is -0.726 e. The first kappa shape index (κ1) is 15.8. The van der Waals surface area contributed by atoms with E-state index in [0.29, 0.717) is 0 Å². The zero-order valence-electron chi connectivity index (χ0n) is 6.72. The van der Waals surface area contributed by atoms with Gasteiger partial charge in [-0.2, -0.15) is 0 Å². The lowest BCUT2D eigenvalue weighted by molar-refractivity contribution is -0.510. The highest BCUT2D eigenvalue weighted by Gasteiger charge is 1.93. The van der Waals surface area contributed by atoms with E-state index in [0.717, 1.165) is 0 Å². The molecule has 0 fully saturated rings. The quantitative estimate of drug-likeness (QED) is 0.224. The van der Waals surface area contributed by atoms with Crippen LogP contribution in [0.1, 0.15) is 0 Å². The van der Waals surface area contributed by atoms with Gasteiger partial charge in [-0.05, 0) is 12.2 Å². The Kier molecular flexibility index (Phi) is 10.0. The van der Waals surface area contributed by atoms with E-state index in [1.165, 1.54) is 0 Å². The molecule has 0 aliphatic carbocycles. The molecule has 1 aliphatic heterocycles. The van der Waals surface area contributed by atoms with Crippen LogP contribution in [-0.2, 0) is 15.0 Å². The fourth-order valence-corrected chi connectivity index (χ4v) is 0.321. The number of allylic oxidation sites excluding steroid dienone is 2. The molecule has 0 aromatic heterocycles. The summed E-state index contributed by atoms with van der Waals surface area (Å²) in [7, 11) is -7.79. The summed E-state index contributed by atoms with van der Waals surface area (Å²) in [4.78, 5) is 14.2. The van der Waals surface area contributed by atoms with Crippen LogP contribution in [0.15, 0.2) is 24.6 Å².